The van der Waals surface area contributed by atoms with Crippen LogP contribution in [0.2, 0.25) is 0 Å². The summed E-state index contributed by atoms with van der Waals surface area (Å²) in [5, 5.41) is 7.67. The van der Waals surface area contributed by atoms with Crippen LogP contribution < -0.4 is 5.32 Å². The molecule has 0 bridgehead atoms. The van der Waals surface area contributed by atoms with Crippen molar-refractivity contribution >= 4 is 5.91 Å². The molecule has 0 aromatic carbocycles. The Hall–Kier alpha value is -1.36. The number of carbonyl (C=O) groups excluding carboxylic acids is 1. The number of piperazine rings is 1. The molecule has 1 saturated heterocycles. The maximum Gasteiger partial charge on any atom is 0.240 e. The Morgan fingerprint density at radius 3 is 2.89 bits per heavy atom. The summed E-state index contributed by atoms with van der Waals surface area (Å²) in [5.74, 6) is 0.211. The van der Waals surface area contributed by atoms with Gasteiger partial charge < -0.3 is 10.2 Å². The van der Waals surface area contributed by atoms with Crippen molar-refractivity contribution in [3.8, 4) is 0 Å². The lowest BCUT2D eigenvalue weighted by molar-refractivity contribution is -0.136. The van der Waals surface area contributed by atoms with Crippen molar-refractivity contribution in [2.75, 3.05) is 13.1 Å². The molecule has 0 spiro atoms. The molecule has 2 heterocycles. The highest BCUT2D eigenvalue weighted by Gasteiger charge is 2.27. The average molecular weight is 250 g/mol. The lowest BCUT2D eigenvalue weighted by atomic mass is 10.1. The minimum Gasteiger partial charge on any atom is -0.334 e. The first-order valence-electron chi connectivity index (χ1n) is 6.69. The quantitative estimate of drug-likeness (QED) is 0.855. The minimum absolute atomic E-state index is 0.0161. The van der Waals surface area contributed by atoms with E-state index in [9.17, 15) is 4.79 Å². The summed E-state index contributed by atoms with van der Waals surface area (Å²) in [6.45, 7) is 6.46. The van der Waals surface area contributed by atoms with Gasteiger partial charge in [0, 0.05) is 20.1 Å². The molecule has 100 valence electrons. The molecule has 0 aliphatic carbocycles. The number of amides is 1. The van der Waals surface area contributed by atoms with Crippen molar-refractivity contribution in [3.05, 3.63) is 17.5 Å². The molecule has 1 atom stereocenters. The van der Waals surface area contributed by atoms with Gasteiger partial charge in [-0.15, -0.1) is 0 Å². The average Bonchev–Trinajstić information content (AvgIpc) is 2.73. The Morgan fingerprint density at radius 1 is 1.50 bits per heavy atom. The van der Waals surface area contributed by atoms with E-state index >= 15 is 0 Å². The fraction of sp³-hybridized carbons (Fsp3) is 0.692. The molecule has 1 aliphatic rings. The molecule has 1 aliphatic heterocycles. The highest BCUT2D eigenvalue weighted by molar-refractivity contribution is 5.82. The molecule has 2 rings (SSSR count). The lowest BCUT2D eigenvalue weighted by Crippen LogP contribution is -2.54. The van der Waals surface area contributed by atoms with Crippen LogP contribution in [-0.2, 0) is 24.8 Å². The van der Waals surface area contributed by atoms with Gasteiger partial charge in [-0.25, -0.2) is 0 Å². The topological polar surface area (TPSA) is 50.2 Å². The van der Waals surface area contributed by atoms with E-state index in [2.05, 4.69) is 23.4 Å². The first-order valence-corrected chi connectivity index (χ1v) is 6.69. The van der Waals surface area contributed by atoms with Gasteiger partial charge in [-0.1, -0.05) is 13.8 Å². The smallest absolute Gasteiger partial charge is 0.240 e. The number of nitrogens with zero attached hydrogens (tertiary/aromatic N) is 3. The van der Waals surface area contributed by atoms with Crippen LogP contribution in [-0.4, -0.2) is 39.7 Å². The van der Waals surface area contributed by atoms with Crippen LogP contribution >= 0.6 is 0 Å². The molecular formula is C13H22N4O. The Balaban J connectivity index is 2.08. The normalized spacial score (nSPS) is 20.5. The van der Waals surface area contributed by atoms with Crippen molar-refractivity contribution in [1.82, 2.24) is 20.0 Å². The van der Waals surface area contributed by atoms with Crippen LogP contribution in [0.5, 0.6) is 0 Å². The standard InChI is InChI=1S/C13H22N4O/c1-4-10-8-11(16(3)15-10)9-17-7-6-14-12(5-2)13(17)18/h8,12,14H,4-7,9H2,1-3H3. The number of hydrogen-bond donors (Lipinski definition) is 1. The van der Waals surface area contributed by atoms with Gasteiger partial charge in [-0.05, 0) is 18.9 Å². The Labute approximate surface area is 108 Å². The molecule has 0 saturated carbocycles. The summed E-state index contributed by atoms with van der Waals surface area (Å²) < 4.78 is 1.88. The van der Waals surface area contributed by atoms with Gasteiger partial charge in [0.05, 0.1) is 24.0 Å². The Morgan fingerprint density at radius 2 is 2.28 bits per heavy atom. The molecule has 1 aromatic rings. The van der Waals surface area contributed by atoms with Gasteiger partial charge in [0.15, 0.2) is 0 Å². The van der Waals surface area contributed by atoms with E-state index < -0.39 is 0 Å². The Kier molecular flexibility index (Phi) is 4.01. The predicted octanol–water partition coefficient (Wildman–Crippen LogP) is 0.693. The molecule has 0 radical (unpaired) electrons. The zero-order chi connectivity index (χ0) is 13.1. The number of rotatable bonds is 4. The van der Waals surface area contributed by atoms with Crippen molar-refractivity contribution in [2.24, 2.45) is 7.05 Å². The van der Waals surface area contributed by atoms with Crippen molar-refractivity contribution in [1.29, 1.82) is 0 Å². The third-order valence-corrected chi connectivity index (χ3v) is 3.53. The van der Waals surface area contributed by atoms with Crippen molar-refractivity contribution in [3.63, 3.8) is 0 Å². The van der Waals surface area contributed by atoms with Crippen LogP contribution in [0.15, 0.2) is 6.07 Å². The fourth-order valence-corrected chi connectivity index (χ4v) is 2.36. The van der Waals surface area contributed by atoms with E-state index in [0.717, 1.165) is 37.3 Å². The van der Waals surface area contributed by atoms with Crippen molar-refractivity contribution in [2.45, 2.75) is 39.3 Å². The molecule has 5 heteroatoms. The highest BCUT2D eigenvalue weighted by atomic mass is 16.2. The van der Waals surface area contributed by atoms with E-state index in [1.54, 1.807) is 0 Å². The van der Waals surface area contributed by atoms with Gasteiger partial charge in [0.25, 0.3) is 0 Å². The third-order valence-electron chi connectivity index (χ3n) is 3.53. The van der Waals surface area contributed by atoms with E-state index in [0.29, 0.717) is 6.54 Å². The maximum absolute atomic E-state index is 12.2. The predicted molar refractivity (Wildman–Crippen MR) is 70.1 cm³/mol. The number of aryl methyl sites for hydroxylation is 2. The molecule has 1 N–H and O–H groups in total. The first-order chi connectivity index (χ1) is 8.65. The molecular weight excluding hydrogens is 228 g/mol. The summed E-state index contributed by atoms with van der Waals surface area (Å²) in [6, 6.07) is 2.08. The van der Waals surface area contributed by atoms with Crippen LogP contribution in [0.1, 0.15) is 31.7 Å². The van der Waals surface area contributed by atoms with E-state index in [1.807, 2.05) is 23.6 Å². The highest BCUT2D eigenvalue weighted by Crippen LogP contribution is 2.11. The number of carbonyl (C=O) groups is 1. The molecule has 1 aromatic heterocycles. The lowest BCUT2D eigenvalue weighted by Gasteiger charge is -2.32. The summed E-state index contributed by atoms with van der Waals surface area (Å²) in [5.41, 5.74) is 2.19. The summed E-state index contributed by atoms with van der Waals surface area (Å²) >= 11 is 0. The summed E-state index contributed by atoms with van der Waals surface area (Å²) in [4.78, 5) is 14.1. The molecule has 18 heavy (non-hydrogen) atoms. The number of nitrogens with one attached hydrogen (secondary N) is 1. The van der Waals surface area contributed by atoms with Gasteiger partial charge >= 0.3 is 0 Å². The van der Waals surface area contributed by atoms with Crippen molar-refractivity contribution < 1.29 is 4.79 Å². The second-order valence-corrected chi connectivity index (χ2v) is 4.78. The van der Waals surface area contributed by atoms with Gasteiger partial charge in [-0.2, -0.15) is 5.10 Å². The van der Waals surface area contributed by atoms with E-state index in [-0.39, 0.29) is 11.9 Å². The molecule has 1 fully saturated rings. The van der Waals surface area contributed by atoms with Gasteiger partial charge in [0.2, 0.25) is 5.91 Å². The Bertz CT molecular complexity index is 427. The van der Waals surface area contributed by atoms with Crippen LogP contribution in [0.25, 0.3) is 0 Å². The minimum atomic E-state index is -0.0161. The van der Waals surface area contributed by atoms with Crippen LogP contribution in [0.4, 0.5) is 0 Å². The van der Waals surface area contributed by atoms with E-state index in [4.69, 9.17) is 0 Å². The monoisotopic (exact) mass is 250 g/mol. The van der Waals surface area contributed by atoms with Crippen LogP contribution in [0, 0.1) is 0 Å². The molecule has 1 unspecified atom stereocenters. The zero-order valence-electron chi connectivity index (χ0n) is 11.4. The zero-order valence-corrected chi connectivity index (χ0v) is 11.4. The summed E-state index contributed by atoms with van der Waals surface area (Å²) in [7, 11) is 1.94. The second-order valence-electron chi connectivity index (χ2n) is 4.78. The van der Waals surface area contributed by atoms with E-state index in [1.165, 1.54) is 0 Å². The second kappa shape index (κ2) is 5.52. The number of hydrogen-bond acceptors (Lipinski definition) is 3. The number of aromatic nitrogens is 2. The third kappa shape index (κ3) is 2.56. The summed E-state index contributed by atoms with van der Waals surface area (Å²) in [6.07, 6.45) is 1.78. The molecule has 5 nitrogen and oxygen atoms in total. The first kappa shape index (κ1) is 13.1. The van der Waals surface area contributed by atoms with Gasteiger partial charge in [-0.3, -0.25) is 9.48 Å². The van der Waals surface area contributed by atoms with Crippen LogP contribution in [0.3, 0.4) is 0 Å². The largest absolute Gasteiger partial charge is 0.334 e. The SMILES string of the molecule is CCc1cc(CN2CCNC(CC)C2=O)n(C)n1. The molecule has 1 amide bonds. The van der Waals surface area contributed by atoms with Gasteiger partial charge in [0.1, 0.15) is 0 Å². The fourth-order valence-electron chi connectivity index (χ4n) is 2.36. The maximum atomic E-state index is 12.2.